The highest BCUT2D eigenvalue weighted by atomic mass is 16.2. The predicted molar refractivity (Wildman–Crippen MR) is 83.9 cm³/mol. The number of benzene rings is 1. The van der Waals surface area contributed by atoms with E-state index in [-0.39, 0.29) is 12.1 Å². The summed E-state index contributed by atoms with van der Waals surface area (Å²) >= 11 is 0. The molecular formula is C16H20N4O. The zero-order chi connectivity index (χ0) is 15.2. The molecule has 2 rings (SSSR count). The van der Waals surface area contributed by atoms with Crippen LogP contribution in [-0.4, -0.2) is 11.0 Å². The number of nitrogens with one attached hydrogen (secondary N) is 2. The molecule has 110 valence electrons. The molecule has 0 aliphatic carbocycles. The van der Waals surface area contributed by atoms with Gasteiger partial charge in [-0.15, -0.1) is 0 Å². The number of nitrogens with zero attached hydrogens (tertiary/aromatic N) is 1. The smallest absolute Gasteiger partial charge is 0.316 e. The second-order valence-electron chi connectivity index (χ2n) is 5.01. The molecule has 0 radical (unpaired) electrons. The van der Waals surface area contributed by atoms with Gasteiger partial charge in [0.05, 0.1) is 0 Å². The fraction of sp³-hybridized carbons (Fsp3) is 0.250. The Hall–Kier alpha value is -2.40. The number of primary amides is 1. The largest absolute Gasteiger partial charge is 0.351 e. The lowest BCUT2D eigenvalue weighted by atomic mass is 10.1. The van der Waals surface area contributed by atoms with E-state index in [0.717, 1.165) is 11.1 Å². The van der Waals surface area contributed by atoms with Gasteiger partial charge in [0.25, 0.3) is 0 Å². The van der Waals surface area contributed by atoms with Crippen LogP contribution in [-0.2, 0) is 0 Å². The highest BCUT2D eigenvalue weighted by Crippen LogP contribution is 2.20. The number of anilines is 1. The van der Waals surface area contributed by atoms with Gasteiger partial charge in [-0.2, -0.15) is 0 Å². The molecular weight excluding hydrogens is 264 g/mol. The first-order chi connectivity index (χ1) is 10.1. The molecule has 0 saturated heterocycles. The highest BCUT2D eigenvalue weighted by molar-refractivity contribution is 5.87. The molecule has 5 nitrogen and oxygen atoms in total. The Morgan fingerprint density at radius 2 is 1.76 bits per heavy atom. The van der Waals surface area contributed by atoms with E-state index in [1.807, 2.05) is 36.5 Å². The molecule has 0 spiro atoms. The summed E-state index contributed by atoms with van der Waals surface area (Å²) < 4.78 is 0. The quantitative estimate of drug-likeness (QED) is 0.789. The van der Waals surface area contributed by atoms with Crippen molar-refractivity contribution in [1.82, 2.24) is 10.3 Å². The fourth-order valence-corrected chi connectivity index (χ4v) is 2.20. The summed E-state index contributed by atoms with van der Waals surface area (Å²) in [6.07, 6.45) is 3.63. The number of carbonyl (C=O) groups excluding carboxylic acids is 1. The van der Waals surface area contributed by atoms with Gasteiger partial charge >= 0.3 is 6.03 Å². The fourth-order valence-electron chi connectivity index (χ4n) is 2.20. The van der Waals surface area contributed by atoms with E-state index in [9.17, 15) is 4.79 Å². The topological polar surface area (TPSA) is 80.0 Å². The number of aromatic nitrogens is 1. The van der Waals surface area contributed by atoms with Gasteiger partial charge < -0.3 is 16.4 Å². The number of hydrogen-bond acceptors (Lipinski definition) is 3. The Balaban J connectivity index is 2.00. The van der Waals surface area contributed by atoms with E-state index in [2.05, 4.69) is 35.5 Å². The maximum atomic E-state index is 10.8. The van der Waals surface area contributed by atoms with Crippen molar-refractivity contribution in [1.29, 1.82) is 0 Å². The molecule has 0 saturated carbocycles. The second kappa shape index (κ2) is 6.85. The molecule has 0 aliphatic heterocycles. The van der Waals surface area contributed by atoms with E-state index in [0.29, 0.717) is 5.69 Å². The van der Waals surface area contributed by atoms with Crippen molar-refractivity contribution in [2.75, 3.05) is 5.32 Å². The SMILES string of the molecule is CC(N[C@@H](C)c1cccnc1)c1ccc(NC(N)=O)cc1. The van der Waals surface area contributed by atoms with E-state index in [1.165, 1.54) is 0 Å². The highest BCUT2D eigenvalue weighted by Gasteiger charge is 2.11. The maximum absolute atomic E-state index is 10.8. The number of rotatable bonds is 5. The third kappa shape index (κ3) is 4.29. The number of urea groups is 1. The molecule has 21 heavy (non-hydrogen) atoms. The summed E-state index contributed by atoms with van der Waals surface area (Å²) in [5, 5.41) is 6.07. The van der Waals surface area contributed by atoms with Crippen LogP contribution in [0.15, 0.2) is 48.8 Å². The number of amides is 2. The normalized spacial score (nSPS) is 13.4. The van der Waals surface area contributed by atoms with Crippen LogP contribution in [0, 0.1) is 0 Å². The number of pyridine rings is 1. The van der Waals surface area contributed by atoms with Crippen LogP contribution in [0.3, 0.4) is 0 Å². The Kier molecular flexibility index (Phi) is 4.90. The standard InChI is InChI=1S/C16H20N4O/c1-11(19-12(2)14-4-3-9-18-10-14)13-5-7-15(8-6-13)20-16(17)21/h3-12,19H,1-2H3,(H3,17,20,21)/t11?,12-/m0/s1. The average Bonchev–Trinajstić information content (AvgIpc) is 2.48. The molecule has 4 N–H and O–H groups in total. The zero-order valence-corrected chi connectivity index (χ0v) is 12.2. The minimum Gasteiger partial charge on any atom is -0.351 e. The summed E-state index contributed by atoms with van der Waals surface area (Å²) in [5.41, 5.74) is 8.07. The van der Waals surface area contributed by atoms with E-state index >= 15 is 0 Å². The number of nitrogens with two attached hydrogens (primary N) is 1. The Morgan fingerprint density at radius 1 is 1.10 bits per heavy atom. The monoisotopic (exact) mass is 284 g/mol. The Bertz CT molecular complexity index is 583. The second-order valence-corrected chi connectivity index (χ2v) is 5.01. The first-order valence-electron chi connectivity index (χ1n) is 6.88. The van der Waals surface area contributed by atoms with Gasteiger partial charge in [0.15, 0.2) is 0 Å². The maximum Gasteiger partial charge on any atom is 0.316 e. The minimum absolute atomic E-state index is 0.183. The van der Waals surface area contributed by atoms with Gasteiger partial charge in [0.2, 0.25) is 0 Å². The zero-order valence-electron chi connectivity index (χ0n) is 12.2. The van der Waals surface area contributed by atoms with E-state index in [1.54, 1.807) is 6.20 Å². The first-order valence-corrected chi connectivity index (χ1v) is 6.88. The molecule has 0 bridgehead atoms. The lowest BCUT2D eigenvalue weighted by Crippen LogP contribution is -2.22. The van der Waals surface area contributed by atoms with Crippen molar-refractivity contribution in [2.45, 2.75) is 25.9 Å². The Morgan fingerprint density at radius 3 is 2.33 bits per heavy atom. The Labute approximate surface area is 124 Å². The molecule has 0 aliphatic rings. The molecule has 1 aromatic carbocycles. The third-order valence-corrected chi connectivity index (χ3v) is 3.36. The van der Waals surface area contributed by atoms with Crippen molar-refractivity contribution >= 4 is 11.7 Å². The van der Waals surface area contributed by atoms with Crippen molar-refractivity contribution in [2.24, 2.45) is 5.73 Å². The van der Waals surface area contributed by atoms with Crippen LogP contribution in [0.1, 0.15) is 37.1 Å². The van der Waals surface area contributed by atoms with Crippen LogP contribution >= 0.6 is 0 Å². The molecule has 1 unspecified atom stereocenters. The third-order valence-electron chi connectivity index (χ3n) is 3.36. The van der Waals surface area contributed by atoms with Crippen LogP contribution in [0.25, 0.3) is 0 Å². The van der Waals surface area contributed by atoms with Gasteiger partial charge in [0.1, 0.15) is 0 Å². The van der Waals surface area contributed by atoms with Crippen LogP contribution in [0.5, 0.6) is 0 Å². The van der Waals surface area contributed by atoms with Gasteiger partial charge in [-0.05, 0) is 43.2 Å². The molecule has 0 fully saturated rings. The van der Waals surface area contributed by atoms with Gasteiger partial charge in [0, 0.05) is 30.2 Å². The molecule has 2 amide bonds. The van der Waals surface area contributed by atoms with Crippen molar-refractivity contribution < 1.29 is 4.79 Å². The van der Waals surface area contributed by atoms with Crippen LogP contribution < -0.4 is 16.4 Å². The summed E-state index contributed by atoms with van der Waals surface area (Å²) in [4.78, 5) is 14.9. The van der Waals surface area contributed by atoms with Crippen molar-refractivity contribution in [3.05, 3.63) is 59.9 Å². The van der Waals surface area contributed by atoms with E-state index in [4.69, 9.17) is 5.73 Å². The van der Waals surface area contributed by atoms with Crippen LogP contribution in [0.4, 0.5) is 10.5 Å². The number of hydrogen-bond donors (Lipinski definition) is 3. The lowest BCUT2D eigenvalue weighted by Gasteiger charge is -2.20. The lowest BCUT2D eigenvalue weighted by molar-refractivity contribution is 0.259. The summed E-state index contributed by atoms with van der Waals surface area (Å²) in [6, 6.07) is 11.4. The summed E-state index contributed by atoms with van der Waals surface area (Å²) in [7, 11) is 0. The summed E-state index contributed by atoms with van der Waals surface area (Å²) in [5.74, 6) is 0. The summed E-state index contributed by atoms with van der Waals surface area (Å²) in [6.45, 7) is 4.21. The van der Waals surface area contributed by atoms with Crippen LogP contribution in [0.2, 0.25) is 0 Å². The molecule has 1 heterocycles. The molecule has 1 aromatic heterocycles. The molecule has 2 aromatic rings. The van der Waals surface area contributed by atoms with Gasteiger partial charge in [-0.1, -0.05) is 18.2 Å². The molecule has 2 atom stereocenters. The minimum atomic E-state index is -0.556. The van der Waals surface area contributed by atoms with Crippen molar-refractivity contribution in [3.8, 4) is 0 Å². The molecule has 5 heteroatoms. The average molecular weight is 284 g/mol. The first kappa shape index (κ1) is 15.0. The van der Waals surface area contributed by atoms with Gasteiger partial charge in [-0.25, -0.2) is 4.79 Å². The van der Waals surface area contributed by atoms with Gasteiger partial charge in [-0.3, -0.25) is 4.98 Å². The number of carbonyl (C=O) groups is 1. The van der Waals surface area contributed by atoms with E-state index < -0.39 is 6.03 Å². The predicted octanol–water partition coefficient (Wildman–Crippen LogP) is 2.98. The van der Waals surface area contributed by atoms with Crippen molar-refractivity contribution in [3.63, 3.8) is 0 Å².